The van der Waals surface area contributed by atoms with E-state index in [1.165, 1.54) is 10.9 Å². The topological polar surface area (TPSA) is 86.0 Å². The highest BCUT2D eigenvalue weighted by atomic mass is 15.1. The normalized spacial score (nSPS) is 11.9. The van der Waals surface area contributed by atoms with E-state index in [0.717, 1.165) is 22.7 Å². The zero-order valence-electron chi connectivity index (χ0n) is 15.9. The van der Waals surface area contributed by atoms with Crippen molar-refractivity contribution in [2.24, 2.45) is 0 Å². The first-order valence-electron chi connectivity index (χ1n) is 9.02. The van der Waals surface area contributed by atoms with Gasteiger partial charge in [-0.2, -0.15) is 15.3 Å². The first-order valence-corrected chi connectivity index (χ1v) is 9.02. The van der Waals surface area contributed by atoms with Crippen LogP contribution in [0.1, 0.15) is 76.4 Å². The lowest BCUT2D eigenvalue weighted by Gasteiger charge is -2.15. The quantitative estimate of drug-likeness (QED) is 0.599. The van der Waals surface area contributed by atoms with Crippen molar-refractivity contribution >= 4 is 23.2 Å². The second-order valence-corrected chi connectivity index (χ2v) is 7.60. The van der Waals surface area contributed by atoms with E-state index in [2.05, 4.69) is 78.2 Å². The number of nitrogens with zero attached hydrogens (tertiary/aromatic N) is 3. The molecule has 7 heteroatoms. The van der Waals surface area contributed by atoms with Crippen LogP contribution in [0.3, 0.4) is 0 Å². The molecule has 3 aromatic heterocycles. The van der Waals surface area contributed by atoms with Gasteiger partial charge < -0.3 is 0 Å². The smallest absolute Gasteiger partial charge is 0.275 e. The maximum Gasteiger partial charge on any atom is 0.275 e. The van der Waals surface area contributed by atoms with E-state index in [-0.39, 0.29) is 6.71 Å². The summed E-state index contributed by atoms with van der Waals surface area (Å²) in [6.45, 7) is 13.0. The van der Waals surface area contributed by atoms with Crippen LogP contribution in [0.4, 0.5) is 0 Å². The Labute approximate surface area is 149 Å². The van der Waals surface area contributed by atoms with Gasteiger partial charge in [0.15, 0.2) is 0 Å². The molecule has 3 aromatic rings. The van der Waals surface area contributed by atoms with Gasteiger partial charge in [-0.1, -0.05) is 41.5 Å². The van der Waals surface area contributed by atoms with Gasteiger partial charge in [0.1, 0.15) is 0 Å². The van der Waals surface area contributed by atoms with Gasteiger partial charge in [0.25, 0.3) is 6.71 Å². The molecule has 132 valence electrons. The second-order valence-electron chi connectivity index (χ2n) is 7.60. The highest BCUT2D eigenvalue weighted by Gasteiger charge is 2.33. The molecule has 3 N–H and O–H groups in total. The number of aromatic amines is 3. The lowest BCUT2D eigenvalue weighted by Crippen LogP contribution is -2.54. The molecule has 0 unspecified atom stereocenters. The molecule has 3 heterocycles. The van der Waals surface area contributed by atoms with Gasteiger partial charge >= 0.3 is 0 Å². The van der Waals surface area contributed by atoms with Crippen molar-refractivity contribution < 1.29 is 0 Å². The van der Waals surface area contributed by atoms with Gasteiger partial charge in [-0.25, -0.2) is 0 Å². The number of hydrogen-bond acceptors (Lipinski definition) is 3. The molecule has 0 saturated heterocycles. The van der Waals surface area contributed by atoms with E-state index in [0.29, 0.717) is 17.8 Å². The highest BCUT2D eigenvalue weighted by Crippen LogP contribution is 2.14. The highest BCUT2D eigenvalue weighted by molar-refractivity contribution is 6.95. The summed E-state index contributed by atoms with van der Waals surface area (Å²) >= 11 is 0. The SMILES string of the molecule is CC(C)c1cc(B(c2c[nH]nc2C(C)C)c2c[nH]nc2C(C)C)n[nH]1. The maximum absolute atomic E-state index is 4.64. The molecule has 0 bridgehead atoms. The third-order valence-corrected chi connectivity index (χ3v) is 4.65. The largest absolute Gasteiger partial charge is 0.286 e. The summed E-state index contributed by atoms with van der Waals surface area (Å²) in [6.07, 6.45) is 4.00. The van der Waals surface area contributed by atoms with Crippen molar-refractivity contribution in [1.29, 1.82) is 0 Å². The first kappa shape index (κ1) is 17.5. The fourth-order valence-electron chi connectivity index (χ4n) is 3.29. The number of rotatable bonds is 6. The average molecular weight is 338 g/mol. The van der Waals surface area contributed by atoms with Gasteiger partial charge in [-0.15, -0.1) is 0 Å². The van der Waals surface area contributed by atoms with Crippen LogP contribution in [0.15, 0.2) is 18.5 Å². The van der Waals surface area contributed by atoms with E-state index in [1.807, 2.05) is 12.4 Å². The van der Waals surface area contributed by atoms with Crippen LogP contribution in [0, 0.1) is 0 Å². The molecule has 6 nitrogen and oxygen atoms in total. The van der Waals surface area contributed by atoms with Crippen LogP contribution >= 0.6 is 0 Å². The third kappa shape index (κ3) is 3.27. The molecule has 0 aliphatic heterocycles. The molecule has 0 fully saturated rings. The Morgan fingerprint density at radius 3 is 1.68 bits per heavy atom. The predicted octanol–water partition coefficient (Wildman–Crippen LogP) is 1.74. The van der Waals surface area contributed by atoms with E-state index < -0.39 is 0 Å². The molecular weight excluding hydrogens is 311 g/mol. The zero-order valence-corrected chi connectivity index (χ0v) is 15.9. The number of aromatic nitrogens is 6. The summed E-state index contributed by atoms with van der Waals surface area (Å²) in [4.78, 5) is 0. The van der Waals surface area contributed by atoms with Gasteiger partial charge in [0.2, 0.25) is 0 Å². The predicted molar refractivity (Wildman–Crippen MR) is 103 cm³/mol. The molecule has 0 aliphatic carbocycles. The molecule has 0 radical (unpaired) electrons. The van der Waals surface area contributed by atoms with Crippen LogP contribution in [-0.4, -0.2) is 37.3 Å². The molecule has 0 aliphatic rings. The Morgan fingerprint density at radius 1 is 0.760 bits per heavy atom. The molecule has 3 rings (SSSR count). The van der Waals surface area contributed by atoms with E-state index in [4.69, 9.17) is 0 Å². The number of hydrogen-bond donors (Lipinski definition) is 3. The summed E-state index contributed by atoms with van der Waals surface area (Å²) in [5, 5.41) is 22.9. The lowest BCUT2D eigenvalue weighted by molar-refractivity contribution is 0.811. The van der Waals surface area contributed by atoms with Crippen molar-refractivity contribution in [3.05, 3.63) is 35.5 Å². The first-order chi connectivity index (χ1) is 11.9. The minimum atomic E-state index is 0.0102. The number of H-pyrrole nitrogens is 3. The fraction of sp³-hybridized carbons (Fsp3) is 0.500. The minimum Gasteiger partial charge on any atom is -0.286 e. The van der Waals surface area contributed by atoms with Crippen LogP contribution in [-0.2, 0) is 0 Å². The molecule has 0 atom stereocenters. The minimum absolute atomic E-state index is 0.0102. The van der Waals surface area contributed by atoms with Crippen LogP contribution in [0.2, 0.25) is 0 Å². The average Bonchev–Trinajstić information content (AvgIpc) is 3.28. The van der Waals surface area contributed by atoms with Crippen molar-refractivity contribution in [3.63, 3.8) is 0 Å². The standard InChI is InChI=1S/C18H27BN6/c1-10(2)15-7-16(23-22-15)19(13-8-20-24-17(13)11(3)4)14-9-21-25-18(14)12(5)6/h7-12H,1-6H3,(H,20,24)(H,21,25)(H,22,23). The molecule has 0 saturated carbocycles. The summed E-state index contributed by atoms with van der Waals surface area (Å²) in [5.74, 6) is 1.08. The molecule has 0 aromatic carbocycles. The van der Waals surface area contributed by atoms with E-state index >= 15 is 0 Å². The zero-order chi connectivity index (χ0) is 18.1. The summed E-state index contributed by atoms with van der Waals surface area (Å²) in [5.41, 5.74) is 6.64. The van der Waals surface area contributed by atoms with Crippen molar-refractivity contribution in [3.8, 4) is 0 Å². The Balaban J connectivity index is 2.17. The third-order valence-electron chi connectivity index (χ3n) is 4.65. The maximum atomic E-state index is 4.64. The van der Waals surface area contributed by atoms with Gasteiger partial charge in [-0.05, 0) is 34.7 Å². The van der Waals surface area contributed by atoms with E-state index in [9.17, 15) is 0 Å². The number of nitrogens with one attached hydrogen (secondary N) is 3. The molecule has 0 amide bonds. The Kier molecular flexibility index (Phi) is 4.83. The molecular formula is C18H27BN6. The monoisotopic (exact) mass is 338 g/mol. The van der Waals surface area contributed by atoms with Gasteiger partial charge in [0, 0.05) is 23.7 Å². The van der Waals surface area contributed by atoms with Crippen LogP contribution < -0.4 is 16.5 Å². The van der Waals surface area contributed by atoms with Crippen molar-refractivity contribution in [1.82, 2.24) is 30.6 Å². The summed E-state index contributed by atoms with van der Waals surface area (Å²) in [6, 6.07) is 2.17. The Morgan fingerprint density at radius 2 is 1.28 bits per heavy atom. The van der Waals surface area contributed by atoms with E-state index in [1.54, 1.807) is 0 Å². The second kappa shape index (κ2) is 6.90. The molecule has 0 spiro atoms. The van der Waals surface area contributed by atoms with Crippen LogP contribution in [0.25, 0.3) is 0 Å². The van der Waals surface area contributed by atoms with Crippen molar-refractivity contribution in [2.75, 3.05) is 0 Å². The van der Waals surface area contributed by atoms with Crippen molar-refractivity contribution in [2.45, 2.75) is 59.3 Å². The molecule has 25 heavy (non-hydrogen) atoms. The Bertz CT molecular complexity index is 780. The van der Waals surface area contributed by atoms with Crippen LogP contribution in [0.5, 0.6) is 0 Å². The Hall–Kier alpha value is -2.31. The lowest BCUT2D eigenvalue weighted by atomic mass is 9.38. The van der Waals surface area contributed by atoms with Gasteiger partial charge in [-0.3, -0.25) is 15.3 Å². The summed E-state index contributed by atoms with van der Waals surface area (Å²) < 4.78 is 0. The fourth-order valence-corrected chi connectivity index (χ4v) is 3.29. The summed E-state index contributed by atoms with van der Waals surface area (Å²) in [7, 11) is 0. The van der Waals surface area contributed by atoms with Gasteiger partial charge in [0.05, 0.1) is 11.4 Å².